The molecule has 0 bridgehead atoms. The average Bonchev–Trinajstić information content (AvgIpc) is 3.03. The second kappa shape index (κ2) is 9.19. The summed E-state index contributed by atoms with van der Waals surface area (Å²) >= 11 is 1.76. The highest BCUT2D eigenvalue weighted by atomic mass is 32.1. The van der Waals surface area contributed by atoms with Crippen LogP contribution in [0.15, 0.2) is 41.8 Å². The number of rotatable bonds is 7. The second-order valence-electron chi connectivity index (χ2n) is 4.32. The molecule has 110 valence electrons. The van der Waals surface area contributed by atoms with Crippen LogP contribution in [0.3, 0.4) is 0 Å². The molecule has 2 N–H and O–H groups in total. The van der Waals surface area contributed by atoms with E-state index in [-0.39, 0.29) is 0 Å². The van der Waals surface area contributed by atoms with Crippen LogP contribution in [0.5, 0.6) is 5.75 Å². The van der Waals surface area contributed by atoms with Gasteiger partial charge >= 0.3 is 0 Å². The smallest absolute Gasteiger partial charge is 0.119 e. The molecule has 2 rings (SSSR count). The lowest BCUT2D eigenvalue weighted by Gasteiger charge is -2.07. The molecule has 1 aromatic heterocycles. The van der Waals surface area contributed by atoms with E-state index in [1.165, 1.54) is 4.88 Å². The number of benzene rings is 1. The molecule has 0 aliphatic heterocycles. The molecule has 0 aliphatic rings. The summed E-state index contributed by atoms with van der Waals surface area (Å²) in [6.07, 6.45) is 0.964. The molecular formula is C17H19NO2S. The van der Waals surface area contributed by atoms with Crippen LogP contribution in [0.1, 0.15) is 10.4 Å². The lowest BCUT2D eigenvalue weighted by atomic mass is 10.2. The molecule has 0 spiro atoms. The average molecular weight is 301 g/mol. The highest BCUT2D eigenvalue weighted by Gasteiger charge is 1.96. The van der Waals surface area contributed by atoms with Gasteiger partial charge in [0.1, 0.15) is 12.4 Å². The lowest BCUT2D eigenvalue weighted by Crippen LogP contribution is -2.08. The van der Waals surface area contributed by atoms with Gasteiger partial charge in [0.05, 0.1) is 19.8 Å². The Morgan fingerprint density at radius 2 is 1.90 bits per heavy atom. The van der Waals surface area contributed by atoms with Crippen molar-refractivity contribution in [3.8, 4) is 17.6 Å². The van der Waals surface area contributed by atoms with Crippen molar-refractivity contribution in [1.29, 1.82) is 0 Å². The number of hydrogen-bond donors (Lipinski definition) is 1. The fourth-order valence-electron chi connectivity index (χ4n) is 1.74. The van der Waals surface area contributed by atoms with E-state index in [2.05, 4.69) is 29.4 Å². The fraction of sp³-hybridized carbons (Fsp3) is 0.294. The van der Waals surface area contributed by atoms with Gasteiger partial charge in [0.25, 0.3) is 0 Å². The Morgan fingerprint density at radius 1 is 1.05 bits per heavy atom. The summed E-state index contributed by atoms with van der Waals surface area (Å²) in [6, 6.07) is 11.9. The van der Waals surface area contributed by atoms with Crippen LogP contribution in [0.2, 0.25) is 0 Å². The van der Waals surface area contributed by atoms with E-state index in [0.717, 1.165) is 24.3 Å². The summed E-state index contributed by atoms with van der Waals surface area (Å²) in [6.45, 7) is 2.26. The third-order valence-corrected chi connectivity index (χ3v) is 3.69. The van der Waals surface area contributed by atoms with Gasteiger partial charge in [-0.1, -0.05) is 17.9 Å². The van der Waals surface area contributed by atoms with E-state index in [1.807, 2.05) is 24.3 Å². The van der Waals surface area contributed by atoms with E-state index in [9.17, 15) is 0 Å². The second-order valence-corrected chi connectivity index (χ2v) is 5.35. The van der Waals surface area contributed by atoms with Crippen LogP contribution in [0.4, 0.5) is 0 Å². The maximum absolute atomic E-state index is 5.61. The molecule has 21 heavy (non-hydrogen) atoms. The summed E-state index contributed by atoms with van der Waals surface area (Å²) in [4.78, 5) is 1.35. The first-order valence-electron chi connectivity index (χ1n) is 6.90. The van der Waals surface area contributed by atoms with Crippen LogP contribution in [0.25, 0.3) is 0 Å². The molecule has 0 saturated carbocycles. The van der Waals surface area contributed by atoms with E-state index in [4.69, 9.17) is 15.2 Å². The van der Waals surface area contributed by atoms with Crippen LogP contribution in [-0.4, -0.2) is 26.4 Å². The Bertz CT molecular complexity index is 567. The van der Waals surface area contributed by atoms with Crippen molar-refractivity contribution in [3.63, 3.8) is 0 Å². The zero-order valence-electron chi connectivity index (χ0n) is 11.9. The largest absolute Gasteiger partial charge is 0.491 e. The predicted molar refractivity (Wildman–Crippen MR) is 86.7 cm³/mol. The SMILES string of the molecule is NCC#Cc1ccc(OCCOCCc2cccs2)cc1. The van der Waals surface area contributed by atoms with E-state index < -0.39 is 0 Å². The third kappa shape index (κ3) is 6.01. The number of hydrogen-bond acceptors (Lipinski definition) is 4. The minimum atomic E-state index is 0.376. The summed E-state index contributed by atoms with van der Waals surface area (Å²) in [5.41, 5.74) is 6.28. The zero-order valence-corrected chi connectivity index (χ0v) is 12.7. The molecule has 4 heteroatoms. The lowest BCUT2D eigenvalue weighted by molar-refractivity contribution is 0.103. The first kappa shape index (κ1) is 15.6. The molecule has 0 radical (unpaired) electrons. The monoisotopic (exact) mass is 301 g/mol. The highest BCUT2D eigenvalue weighted by Crippen LogP contribution is 2.11. The molecule has 2 aromatic rings. The van der Waals surface area contributed by atoms with Crippen LogP contribution in [-0.2, 0) is 11.2 Å². The van der Waals surface area contributed by atoms with Gasteiger partial charge in [0.15, 0.2) is 0 Å². The summed E-state index contributed by atoms with van der Waals surface area (Å²) < 4.78 is 11.2. The Kier molecular flexibility index (Phi) is 6.82. The molecule has 3 nitrogen and oxygen atoms in total. The van der Waals surface area contributed by atoms with Gasteiger partial charge in [-0.3, -0.25) is 0 Å². The molecule has 1 heterocycles. The third-order valence-electron chi connectivity index (χ3n) is 2.76. The van der Waals surface area contributed by atoms with Gasteiger partial charge in [-0.05, 0) is 35.7 Å². The highest BCUT2D eigenvalue weighted by molar-refractivity contribution is 7.09. The number of nitrogens with two attached hydrogens (primary N) is 1. The molecule has 0 atom stereocenters. The van der Waals surface area contributed by atoms with Crippen LogP contribution >= 0.6 is 11.3 Å². The Morgan fingerprint density at radius 3 is 2.62 bits per heavy atom. The standard InChI is InChI=1S/C17H19NO2S/c18-10-1-3-15-5-7-16(8-6-15)20-13-12-19-11-9-17-4-2-14-21-17/h2,4-8,14H,9-13,18H2. The Labute approximate surface area is 129 Å². The maximum Gasteiger partial charge on any atom is 0.119 e. The molecular weight excluding hydrogens is 282 g/mol. The number of thiophene rings is 1. The van der Waals surface area contributed by atoms with Crippen LogP contribution < -0.4 is 10.5 Å². The molecule has 0 saturated heterocycles. The maximum atomic E-state index is 5.61. The Hall–Kier alpha value is -1.80. The van der Waals surface area contributed by atoms with Crippen molar-refractivity contribution < 1.29 is 9.47 Å². The molecule has 0 fully saturated rings. The summed E-state index contributed by atoms with van der Waals surface area (Å²) in [5.74, 6) is 6.62. The molecule has 0 amide bonds. The first-order valence-corrected chi connectivity index (χ1v) is 7.78. The van der Waals surface area contributed by atoms with Crippen molar-refractivity contribution in [3.05, 3.63) is 52.2 Å². The normalized spacial score (nSPS) is 9.95. The Balaban J connectivity index is 1.60. The van der Waals surface area contributed by atoms with Crippen molar-refractivity contribution in [2.75, 3.05) is 26.4 Å². The molecule has 0 unspecified atom stereocenters. The summed E-state index contributed by atoms with van der Waals surface area (Å²) in [5, 5.41) is 2.08. The van der Waals surface area contributed by atoms with E-state index in [0.29, 0.717) is 19.8 Å². The van der Waals surface area contributed by atoms with Gasteiger partial charge in [0.2, 0.25) is 0 Å². The molecule has 0 aliphatic carbocycles. The van der Waals surface area contributed by atoms with Crippen LogP contribution in [0, 0.1) is 11.8 Å². The van der Waals surface area contributed by atoms with Gasteiger partial charge in [0, 0.05) is 16.9 Å². The van der Waals surface area contributed by atoms with Crippen molar-refractivity contribution >= 4 is 11.3 Å². The van der Waals surface area contributed by atoms with Gasteiger partial charge in [-0.25, -0.2) is 0 Å². The predicted octanol–water partition coefficient (Wildman–Crippen LogP) is 2.70. The minimum absolute atomic E-state index is 0.376. The first-order chi connectivity index (χ1) is 10.4. The minimum Gasteiger partial charge on any atom is -0.491 e. The van der Waals surface area contributed by atoms with Gasteiger partial charge in [-0.15, -0.1) is 11.3 Å². The molecule has 1 aromatic carbocycles. The van der Waals surface area contributed by atoms with Gasteiger partial charge < -0.3 is 15.2 Å². The fourth-order valence-corrected chi connectivity index (χ4v) is 2.43. The summed E-state index contributed by atoms with van der Waals surface area (Å²) in [7, 11) is 0. The quantitative estimate of drug-likeness (QED) is 0.632. The zero-order chi connectivity index (χ0) is 14.8. The van der Waals surface area contributed by atoms with E-state index in [1.54, 1.807) is 11.3 Å². The topological polar surface area (TPSA) is 44.5 Å². The van der Waals surface area contributed by atoms with Crippen molar-refractivity contribution in [2.24, 2.45) is 5.73 Å². The van der Waals surface area contributed by atoms with Crippen molar-refractivity contribution in [1.82, 2.24) is 0 Å². The van der Waals surface area contributed by atoms with Gasteiger partial charge in [-0.2, -0.15) is 0 Å². The number of ether oxygens (including phenoxy) is 2. The van der Waals surface area contributed by atoms with Crippen molar-refractivity contribution in [2.45, 2.75) is 6.42 Å². The van der Waals surface area contributed by atoms with E-state index >= 15 is 0 Å².